The molecular weight excluding hydrogens is 218 g/mol. The van der Waals surface area contributed by atoms with Gasteiger partial charge < -0.3 is 9.64 Å². The summed E-state index contributed by atoms with van der Waals surface area (Å²) in [4.78, 5) is 17.0. The Kier molecular flexibility index (Phi) is 3.99. The molecule has 1 aliphatic heterocycles. The van der Waals surface area contributed by atoms with Crippen molar-refractivity contribution in [2.24, 2.45) is 5.73 Å². The number of hydrogen-bond acceptors (Lipinski definition) is 3. The van der Waals surface area contributed by atoms with Crippen molar-refractivity contribution in [2.75, 3.05) is 13.1 Å². The Hall–Kier alpha value is -1.28. The molecular formula is C12H21N3O2. The summed E-state index contributed by atoms with van der Waals surface area (Å²) in [6.07, 6.45) is 1.58. The van der Waals surface area contributed by atoms with Gasteiger partial charge >= 0.3 is 6.09 Å². The zero-order valence-electron chi connectivity index (χ0n) is 10.8. The molecule has 96 valence electrons. The van der Waals surface area contributed by atoms with Crippen LogP contribution in [0.15, 0.2) is 0 Å². The van der Waals surface area contributed by atoms with E-state index >= 15 is 0 Å². The van der Waals surface area contributed by atoms with Gasteiger partial charge in [0.2, 0.25) is 0 Å². The zero-order valence-corrected chi connectivity index (χ0v) is 10.8. The number of likely N-dealkylation sites (tertiary alicyclic amines) is 1. The third-order valence-electron chi connectivity index (χ3n) is 2.73. The molecule has 1 saturated heterocycles. The Labute approximate surface area is 103 Å². The Morgan fingerprint density at radius 2 is 2.06 bits per heavy atom. The molecule has 1 heterocycles. The Morgan fingerprint density at radius 3 is 2.59 bits per heavy atom. The number of carbonyl (C=O) groups is 1. The second-order valence-electron chi connectivity index (χ2n) is 5.54. The summed E-state index contributed by atoms with van der Waals surface area (Å²) in [5, 5.41) is 0. The minimum absolute atomic E-state index is 0.313. The summed E-state index contributed by atoms with van der Waals surface area (Å²) in [5.74, 6) is 0. The van der Waals surface area contributed by atoms with Gasteiger partial charge in [0.25, 0.3) is 5.66 Å². The van der Waals surface area contributed by atoms with Gasteiger partial charge in [-0.15, -0.1) is 0 Å². The molecule has 0 aromatic heterocycles. The van der Waals surface area contributed by atoms with Crippen molar-refractivity contribution in [1.29, 1.82) is 0 Å². The minimum Gasteiger partial charge on any atom is -0.444 e. The SMILES string of the molecule is [C-]#[N+]C1(N)CCCN(C(=O)OC(C)(C)C)CC1. The van der Waals surface area contributed by atoms with Gasteiger partial charge in [-0.1, -0.05) is 0 Å². The van der Waals surface area contributed by atoms with Gasteiger partial charge in [-0.25, -0.2) is 11.4 Å². The van der Waals surface area contributed by atoms with Crippen molar-refractivity contribution in [2.45, 2.75) is 51.3 Å². The number of nitrogens with two attached hydrogens (primary N) is 1. The van der Waals surface area contributed by atoms with Crippen LogP contribution in [0.4, 0.5) is 4.79 Å². The van der Waals surface area contributed by atoms with Crippen molar-refractivity contribution in [3.8, 4) is 0 Å². The molecule has 1 rings (SSSR count). The maximum absolute atomic E-state index is 11.9. The molecule has 1 aliphatic rings. The summed E-state index contributed by atoms with van der Waals surface area (Å²) in [7, 11) is 0. The Bertz CT molecular complexity index is 330. The van der Waals surface area contributed by atoms with Crippen LogP contribution in [0.2, 0.25) is 0 Å². The maximum atomic E-state index is 11.9. The number of ether oxygens (including phenoxy) is 1. The highest BCUT2D eigenvalue weighted by molar-refractivity contribution is 5.68. The molecule has 0 saturated carbocycles. The minimum atomic E-state index is -0.809. The van der Waals surface area contributed by atoms with Crippen LogP contribution in [0.25, 0.3) is 4.85 Å². The molecule has 5 heteroatoms. The molecule has 0 radical (unpaired) electrons. The molecule has 1 atom stereocenters. The van der Waals surface area contributed by atoms with Crippen molar-refractivity contribution in [3.05, 3.63) is 11.4 Å². The molecule has 1 fully saturated rings. The fourth-order valence-corrected chi connectivity index (χ4v) is 1.76. The largest absolute Gasteiger partial charge is 0.444 e. The van der Waals surface area contributed by atoms with Gasteiger partial charge in [-0.05, 0) is 27.2 Å². The van der Waals surface area contributed by atoms with E-state index in [0.717, 1.165) is 6.42 Å². The Morgan fingerprint density at radius 1 is 1.41 bits per heavy atom. The standard InChI is InChI=1S/C12H21N3O2/c1-11(2,3)17-10(16)15-8-5-6-12(13,14-4)7-9-15/h5-9,13H2,1-3H3. The van der Waals surface area contributed by atoms with Gasteiger partial charge in [0.1, 0.15) is 5.60 Å². The number of nitrogens with zero attached hydrogens (tertiary/aromatic N) is 2. The van der Waals surface area contributed by atoms with E-state index in [0.29, 0.717) is 25.9 Å². The summed E-state index contributed by atoms with van der Waals surface area (Å²) >= 11 is 0. The lowest BCUT2D eigenvalue weighted by Crippen LogP contribution is -2.40. The molecule has 0 spiro atoms. The first-order chi connectivity index (χ1) is 7.76. The van der Waals surface area contributed by atoms with E-state index in [9.17, 15) is 4.79 Å². The molecule has 0 bridgehead atoms. The third kappa shape index (κ3) is 4.23. The smallest absolute Gasteiger partial charge is 0.410 e. The average Bonchev–Trinajstić information content (AvgIpc) is 2.39. The van der Waals surface area contributed by atoms with E-state index in [1.54, 1.807) is 4.90 Å². The lowest BCUT2D eigenvalue weighted by Gasteiger charge is -2.26. The maximum Gasteiger partial charge on any atom is 0.410 e. The first kappa shape index (κ1) is 13.8. The molecule has 0 aromatic carbocycles. The van der Waals surface area contributed by atoms with Crippen LogP contribution >= 0.6 is 0 Å². The van der Waals surface area contributed by atoms with E-state index < -0.39 is 11.3 Å². The van der Waals surface area contributed by atoms with Crippen LogP contribution in [0, 0.1) is 6.57 Å². The van der Waals surface area contributed by atoms with E-state index in [4.69, 9.17) is 17.0 Å². The summed E-state index contributed by atoms with van der Waals surface area (Å²) in [6.45, 7) is 13.7. The fourth-order valence-electron chi connectivity index (χ4n) is 1.76. The van der Waals surface area contributed by atoms with Crippen LogP contribution in [0.5, 0.6) is 0 Å². The predicted octanol–water partition coefficient (Wildman–Crippen LogP) is 1.98. The van der Waals surface area contributed by atoms with Crippen molar-refractivity contribution >= 4 is 6.09 Å². The lowest BCUT2D eigenvalue weighted by molar-refractivity contribution is 0.0255. The van der Waals surface area contributed by atoms with E-state index in [1.807, 2.05) is 20.8 Å². The number of hydrogen-bond donors (Lipinski definition) is 1. The van der Waals surface area contributed by atoms with Gasteiger partial charge in [0.05, 0.1) is 6.42 Å². The highest BCUT2D eigenvalue weighted by Crippen LogP contribution is 2.22. The molecule has 5 nitrogen and oxygen atoms in total. The molecule has 17 heavy (non-hydrogen) atoms. The predicted molar refractivity (Wildman–Crippen MR) is 65.2 cm³/mol. The molecule has 1 amide bonds. The highest BCUT2D eigenvalue weighted by Gasteiger charge is 2.35. The van der Waals surface area contributed by atoms with Gasteiger partial charge in [-0.2, -0.15) is 0 Å². The van der Waals surface area contributed by atoms with E-state index in [1.165, 1.54) is 0 Å². The second-order valence-corrected chi connectivity index (χ2v) is 5.54. The number of rotatable bonds is 0. The van der Waals surface area contributed by atoms with Gasteiger partial charge in [0.15, 0.2) is 0 Å². The van der Waals surface area contributed by atoms with E-state index in [2.05, 4.69) is 4.85 Å². The topological polar surface area (TPSA) is 59.9 Å². The third-order valence-corrected chi connectivity index (χ3v) is 2.73. The second kappa shape index (κ2) is 4.92. The van der Waals surface area contributed by atoms with Crippen LogP contribution < -0.4 is 5.73 Å². The highest BCUT2D eigenvalue weighted by atomic mass is 16.6. The Balaban J connectivity index is 2.58. The van der Waals surface area contributed by atoms with Crippen LogP contribution in [0.3, 0.4) is 0 Å². The lowest BCUT2D eigenvalue weighted by atomic mass is 10.0. The van der Waals surface area contributed by atoms with Crippen LogP contribution in [0.1, 0.15) is 40.0 Å². The first-order valence-corrected chi connectivity index (χ1v) is 5.91. The molecule has 1 unspecified atom stereocenters. The molecule has 2 N–H and O–H groups in total. The van der Waals surface area contributed by atoms with Crippen molar-refractivity contribution in [3.63, 3.8) is 0 Å². The van der Waals surface area contributed by atoms with Crippen LogP contribution in [-0.2, 0) is 4.74 Å². The fraction of sp³-hybridized carbons (Fsp3) is 0.833. The van der Waals surface area contributed by atoms with Crippen molar-refractivity contribution in [1.82, 2.24) is 4.90 Å². The van der Waals surface area contributed by atoms with Crippen molar-refractivity contribution < 1.29 is 9.53 Å². The van der Waals surface area contributed by atoms with Gasteiger partial charge in [0, 0.05) is 19.5 Å². The summed E-state index contributed by atoms with van der Waals surface area (Å²) in [5.41, 5.74) is 4.62. The number of amides is 1. The monoisotopic (exact) mass is 239 g/mol. The first-order valence-electron chi connectivity index (χ1n) is 5.91. The summed E-state index contributed by atoms with van der Waals surface area (Å²) < 4.78 is 5.30. The van der Waals surface area contributed by atoms with Gasteiger partial charge in [-0.3, -0.25) is 10.6 Å². The average molecular weight is 239 g/mol. The quantitative estimate of drug-likeness (QED) is 0.657. The van der Waals surface area contributed by atoms with E-state index in [-0.39, 0.29) is 6.09 Å². The summed E-state index contributed by atoms with van der Waals surface area (Å²) in [6, 6.07) is 0. The molecule has 0 aliphatic carbocycles. The molecule has 0 aromatic rings. The normalized spacial score (nSPS) is 25.9. The zero-order chi connectivity index (χ0) is 13.1. The number of carbonyl (C=O) groups excluding carboxylic acids is 1. The van der Waals surface area contributed by atoms with Crippen LogP contribution in [-0.4, -0.2) is 35.3 Å².